The first kappa shape index (κ1) is 18.1. The zero-order chi connectivity index (χ0) is 18.7. The van der Waals surface area contributed by atoms with E-state index >= 15 is 0 Å². The summed E-state index contributed by atoms with van der Waals surface area (Å²) in [6.07, 6.45) is 0. The van der Waals surface area contributed by atoms with Crippen molar-refractivity contribution in [3.05, 3.63) is 57.0 Å². The molecule has 1 aromatic carbocycles. The first-order valence-corrected chi connectivity index (χ1v) is 9.22. The lowest BCUT2D eigenvalue weighted by Crippen LogP contribution is -2.21. The lowest BCUT2D eigenvalue weighted by Gasteiger charge is -2.20. The predicted molar refractivity (Wildman–Crippen MR) is 101 cm³/mol. The van der Waals surface area contributed by atoms with Gasteiger partial charge in [-0.3, -0.25) is 4.79 Å². The molecule has 8 heteroatoms. The quantitative estimate of drug-likeness (QED) is 0.619. The van der Waals surface area contributed by atoms with E-state index in [1.807, 2.05) is 12.1 Å². The average molecular weight is 372 g/mol. The number of anilines is 1. The molecule has 0 amide bonds. The zero-order valence-electron chi connectivity index (χ0n) is 14.9. The Hall–Kier alpha value is -2.74. The van der Waals surface area contributed by atoms with E-state index in [1.165, 1.54) is 21.9 Å². The highest BCUT2D eigenvalue weighted by Gasteiger charge is 2.12. The van der Waals surface area contributed by atoms with Crippen molar-refractivity contribution in [1.29, 1.82) is 0 Å². The third-order valence-corrected chi connectivity index (χ3v) is 4.86. The highest BCUT2D eigenvalue weighted by atomic mass is 32.1. The molecular weight excluding hydrogens is 352 g/mol. The first-order valence-electron chi connectivity index (χ1n) is 8.40. The van der Waals surface area contributed by atoms with Gasteiger partial charge in [0, 0.05) is 30.5 Å². The summed E-state index contributed by atoms with van der Waals surface area (Å²) in [6, 6.07) is 8.74. The smallest absolute Gasteiger partial charge is 0.338 e. The minimum Gasteiger partial charge on any atom is -0.455 e. The second-order valence-electron chi connectivity index (χ2n) is 5.72. The van der Waals surface area contributed by atoms with Crippen LogP contribution in [-0.2, 0) is 11.3 Å². The second kappa shape index (κ2) is 7.65. The second-order valence-corrected chi connectivity index (χ2v) is 6.76. The summed E-state index contributed by atoms with van der Waals surface area (Å²) in [7, 11) is 0. The average Bonchev–Trinajstić information content (AvgIpc) is 3.04. The Balaban J connectivity index is 1.69. The van der Waals surface area contributed by atoms with Gasteiger partial charge in [0.15, 0.2) is 5.01 Å². The lowest BCUT2D eigenvalue weighted by atomic mass is 10.2. The van der Waals surface area contributed by atoms with Crippen LogP contribution in [0.25, 0.3) is 4.96 Å². The zero-order valence-corrected chi connectivity index (χ0v) is 15.7. The summed E-state index contributed by atoms with van der Waals surface area (Å²) < 4.78 is 6.54. The van der Waals surface area contributed by atoms with E-state index in [1.54, 1.807) is 19.1 Å². The fourth-order valence-corrected chi connectivity index (χ4v) is 3.48. The molecule has 0 spiro atoms. The van der Waals surface area contributed by atoms with Gasteiger partial charge in [0.1, 0.15) is 6.61 Å². The lowest BCUT2D eigenvalue weighted by molar-refractivity contribution is 0.0471. The molecule has 2 aromatic heterocycles. The molecule has 3 aromatic rings. The van der Waals surface area contributed by atoms with Gasteiger partial charge in [0.2, 0.25) is 4.96 Å². The minimum absolute atomic E-state index is 0.00312. The van der Waals surface area contributed by atoms with Crippen molar-refractivity contribution >= 4 is 28.0 Å². The molecule has 0 aliphatic carbocycles. The molecule has 0 bridgehead atoms. The number of rotatable bonds is 6. The summed E-state index contributed by atoms with van der Waals surface area (Å²) in [5.74, 6) is -0.424. The van der Waals surface area contributed by atoms with Crippen LogP contribution in [0.2, 0.25) is 0 Å². The summed E-state index contributed by atoms with van der Waals surface area (Å²) in [5.41, 5.74) is 1.94. The predicted octanol–water partition coefficient (Wildman–Crippen LogP) is 2.66. The molecule has 0 aliphatic heterocycles. The van der Waals surface area contributed by atoms with Gasteiger partial charge < -0.3 is 9.64 Å². The third-order valence-electron chi connectivity index (χ3n) is 3.97. The number of esters is 1. The molecule has 0 atom stereocenters. The van der Waals surface area contributed by atoms with E-state index in [2.05, 4.69) is 28.8 Å². The normalized spacial score (nSPS) is 10.9. The highest BCUT2D eigenvalue weighted by molar-refractivity contribution is 7.16. The van der Waals surface area contributed by atoms with Crippen molar-refractivity contribution < 1.29 is 9.53 Å². The van der Waals surface area contributed by atoms with Crippen LogP contribution < -0.4 is 10.5 Å². The van der Waals surface area contributed by atoms with Crippen LogP contribution >= 0.6 is 11.3 Å². The molecule has 2 heterocycles. The fraction of sp³-hybridized carbons (Fsp3) is 0.333. The molecule has 0 unspecified atom stereocenters. The molecule has 26 heavy (non-hydrogen) atoms. The van der Waals surface area contributed by atoms with E-state index in [0.29, 0.717) is 21.2 Å². The Bertz CT molecular complexity index is 974. The van der Waals surface area contributed by atoms with E-state index in [9.17, 15) is 9.59 Å². The topological polar surface area (TPSA) is 76.8 Å². The number of aryl methyl sites for hydroxylation is 1. The molecule has 0 saturated carbocycles. The molecular formula is C18H20N4O3S. The Kier molecular flexibility index (Phi) is 5.32. The minimum atomic E-state index is -0.424. The van der Waals surface area contributed by atoms with Crippen LogP contribution in [0.1, 0.15) is 34.9 Å². The maximum Gasteiger partial charge on any atom is 0.338 e. The molecule has 0 aliphatic rings. The van der Waals surface area contributed by atoms with Crippen LogP contribution in [-0.4, -0.2) is 33.7 Å². The summed E-state index contributed by atoms with van der Waals surface area (Å²) in [4.78, 5) is 31.0. The highest BCUT2D eigenvalue weighted by Crippen LogP contribution is 2.17. The Morgan fingerprint density at radius 2 is 1.92 bits per heavy atom. The van der Waals surface area contributed by atoms with Crippen molar-refractivity contribution in [1.82, 2.24) is 14.6 Å². The molecule has 7 nitrogen and oxygen atoms in total. The van der Waals surface area contributed by atoms with Gasteiger partial charge in [0.05, 0.1) is 5.56 Å². The number of fused-ring (bicyclic) bond motifs is 1. The Labute approximate surface area is 154 Å². The van der Waals surface area contributed by atoms with Crippen molar-refractivity contribution in [2.24, 2.45) is 0 Å². The number of benzene rings is 1. The van der Waals surface area contributed by atoms with Crippen LogP contribution in [0.3, 0.4) is 0 Å². The van der Waals surface area contributed by atoms with Crippen LogP contribution in [0.5, 0.6) is 0 Å². The molecule has 136 valence electrons. The Morgan fingerprint density at radius 1 is 1.23 bits per heavy atom. The Morgan fingerprint density at radius 3 is 2.58 bits per heavy atom. The standard InChI is InChI=1S/C18H20N4O3S/c1-4-21(5-2)14-8-6-13(7-9-14)17(24)25-11-15-20-22-16(23)10-12(3)19-18(22)26-15/h6-10H,4-5,11H2,1-3H3. The molecule has 0 fully saturated rings. The van der Waals surface area contributed by atoms with Gasteiger partial charge in [-0.15, -0.1) is 0 Å². The maximum absolute atomic E-state index is 12.2. The largest absolute Gasteiger partial charge is 0.455 e. The van der Waals surface area contributed by atoms with Crippen LogP contribution in [0.4, 0.5) is 5.69 Å². The van der Waals surface area contributed by atoms with Crippen LogP contribution in [0.15, 0.2) is 35.1 Å². The summed E-state index contributed by atoms with van der Waals surface area (Å²) >= 11 is 1.23. The van der Waals surface area contributed by atoms with Gasteiger partial charge in [-0.1, -0.05) is 11.3 Å². The summed E-state index contributed by atoms with van der Waals surface area (Å²) in [6.45, 7) is 7.75. The van der Waals surface area contributed by atoms with E-state index < -0.39 is 5.97 Å². The van der Waals surface area contributed by atoms with Gasteiger partial charge >= 0.3 is 5.97 Å². The number of carbonyl (C=O) groups is 1. The van der Waals surface area contributed by atoms with E-state index in [0.717, 1.165) is 18.8 Å². The van der Waals surface area contributed by atoms with Crippen LogP contribution in [0, 0.1) is 6.92 Å². The fourth-order valence-electron chi connectivity index (χ4n) is 2.63. The van der Waals surface area contributed by atoms with Crippen molar-refractivity contribution in [2.45, 2.75) is 27.4 Å². The number of ether oxygens (including phenoxy) is 1. The monoisotopic (exact) mass is 372 g/mol. The number of hydrogen-bond acceptors (Lipinski definition) is 7. The number of carbonyl (C=O) groups excluding carboxylic acids is 1. The van der Waals surface area contributed by atoms with E-state index in [-0.39, 0.29) is 12.2 Å². The SMILES string of the molecule is CCN(CC)c1ccc(C(=O)OCc2nn3c(=O)cc(C)nc3s2)cc1. The van der Waals surface area contributed by atoms with Crippen molar-refractivity contribution in [3.63, 3.8) is 0 Å². The first-order chi connectivity index (χ1) is 12.5. The van der Waals surface area contributed by atoms with E-state index in [4.69, 9.17) is 4.74 Å². The van der Waals surface area contributed by atoms with Gasteiger partial charge in [-0.2, -0.15) is 9.61 Å². The third kappa shape index (κ3) is 3.75. The molecule has 0 radical (unpaired) electrons. The molecule has 0 saturated heterocycles. The summed E-state index contributed by atoms with van der Waals surface area (Å²) in [5, 5.41) is 4.68. The number of aromatic nitrogens is 3. The van der Waals surface area contributed by atoms with Crippen molar-refractivity contribution in [2.75, 3.05) is 18.0 Å². The molecule has 3 rings (SSSR count). The number of hydrogen-bond donors (Lipinski definition) is 0. The van der Waals surface area contributed by atoms with Gasteiger partial charge in [-0.05, 0) is 45.0 Å². The number of nitrogens with zero attached hydrogens (tertiary/aromatic N) is 4. The molecule has 0 N–H and O–H groups in total. The maximum atomic E-state index is 12.2. The van der Waals surface area contributed by atoms with Gasteiger partial charge in [0.25, 0.3) is 5.56 Å². The van der Waals surface area contributed by atoms with Gasteiger partial charge in [-0.25, -0.2) is 9.78 Å². The van der Waals surface area contributed by atoms with Crippen molar-refractivity contribution in [3.8, 4) is 0 Å².